The number of esters is 1. The van der Waals surface area contributed by atoms with E-state index >= 15 is 0 Å². The summed E-state index contributed by atoms with van der Waals surface area (Å²) in [4.78, 5) is 12.1. The van der Waals surface area contributed by atoms with E-state index in [1.165, 1.54) is 25.2 Å². The Morgan fingerprint density at radius 1 is 1.17 bits per heavy atom. The highest BCUT2D eigenvalue weighted by Crippen LogP contribution is 2.24. The quantitative estimate of drug-likeness (QED) is 0.838. The monoisotopic (exact) mass is 353 g/mol. The van der Waals surface area contributed by atoms with Crippen molar-refractivity contribution in [3.63, 3.8) is 0 Å². The molecule has 0 aromatic heterocycles. The molecule has 7 heteroatoms. The van der Waals surface area contributed by atoms with Crippen LogP contribution in [-0.2, 0) is 14.8 Å². The van der Waals surface area contributed by atoms with Crippen molar-refractivity contribution in [2.24, 2.45) is 0 Å². The first-order valence-electron chi connectivity index (χ1n) is 6.84. The number of carbonyl (C=O) groups excluding carboxylic acids is 1. The second-order valence-electron chi connectivity index (χ2n) is 4.81. The lowest BCUT2D eigenvalue weighted by molar-refractivity contribution is 0.0337. The lowest BCUT2D eigenvalue weighted by Crippen LogP contribution is -2.19. The number of hydrogen-bond acceptors (Lipinski definition) is 4. The van der Waals surface area contributed by atoms with Gasteiger partial charge in [0.05, 0.1) is 10.6 Å². The van der Waals surface area contributed by atoms with Gasteiger partial charge in [-0.05, 0) is 37.7 Å². The lowest BCUT2D eigenvalue weighted by Gasteiger charge is -2.14. The Morgan fingerprint density at radius 2 is 1.83 bits per heavy atom. The molecule has 0 aliphatic rings. The minimum Gasteiger partial charge on any atom is -0.454 e. The SMILES string of the molecule is CNS(=O)(=O)c1cc(C(=O)O[C@@H](C)c2ccccc2)ccc1Cl. The van der Waals surface area contributed by atoms with Gasteiger partial charge in [-0.3, -0.25) is 0 Å². The Kier molecular flexibility index (Phi) is 5.41. The first-order chi connectivity index (χ1) is 10.8. The minimum absolute atomic E-state index is 0.0343. The zero-order valence-corrected chi connectivity index (χ0v) is 14.2. The highest BCUT2D eigenvalue weighted by molar-refractivity contribution is 7.89. The molecule has 0 saturated carbocycles. The number of rotatable bonds is 5. The Hall–Kier alpha value is -1.89. The molecular weight excluding hydrogens is 338 g/mol. The molecule has 0 aliphatic heterocycles. The topological polar surface area (TPSA) is 72.5 Å². The van der Waals surface area contributed by atoms with E-state index in [4.69, 9.17) is 16.3 Å². The highest BCUT2D eigenvalue weighted by Gasteiger charge is 2.20. The van der Waals surface area contributed by atoms with Crippen LogP contribution in [0.5, 0.6) is 0 Å². The smallest absolute Gasteiger partial charge is 0.338 e. The van der Waals surface area contributed by atoms with Crippen molar-refractivity contribution in [2.45, 2.75) is 17.9 Å². The minimum atomic E-state index is -3.76. The summed E-state index contributed by atoms with van der Waals surface area (Å²) in [5, 5.41) is 0.0343. The molecule has 0 aliphatic carbocycles. The van der Waals surface area contributed by atoms with Gasteiger partial charge in [0.1, 0.15) is 11.0 Å². The van der Waals surface area contributed by atoms with E-state index in [1.807, 2.05) is 30.3 Å². The van der Waals surface area contributed by atoms with Crippen molar-refractivity contribution in [2.75, 3.05) is 7.05 Å². The summed E-state index contributed by atoms with van der Waals surface area (Å²) in [5.41, 5.74) is 0.962. The largest absolute Gasteiger partial charge is 0.454 e. The summed E-state index contributed by atoms with van der Waals surface area (Å²) < 4.78 is 31.3. The molecular formula is C16H16ClNO4S. The predicted octanol–water partition coefficient (Wildman–Crippen LogP) is 3.17. The molecule has 2 aromatic rings. The highest BCUT2D eigenvalue weighted by atomic mass is 35.5. The maximum absolute atomic E-state index is 12.2. The van der Waals surface area contributed by atoms with Crippen LogP contribution in [0.4, 0.5) is 0 Å². The summed E-state index contributed by atoms with van der Waals surface area (Å²) in [6, 6.07) is 13.2. The summed E-state index contributed by atoms with van der Waals surface area (Å²) in [6.45, 7) is 1.74. The molecule has 0 amide bonds. The number of ether oxygens (including phenoxy) is 1. The molecule has 0 radical (unpaired) electrons. The molecule has 0 fully saturated rings. The van der Waals surface area contributed by atoms with Crippen LogP contribution >= 0.6 is 11.6 Å². The summed E-state index contributed by atoms with van der Waals surface area (Å²) in [7, 11) is -2.48. The predicted molar refractivity (Wildman–Crippen MR) is 88.0 cm³/mol. The molecule has 0 bridgehead atoms. The Morgan fingerprint density at radius 3 is 2.43 bits per heavy atom. The van der Waals surface area contributed by atoms with Crippen molar-refractivity contribution in [1.82, 2.24) is 4.72 Å². The van der Waals surface area contributed by atoms with Gasteiger partial charge in [0.25, 0.3) is 0 Å². The molecule has 1 N–H and O–H groups in total. The second-order valence-corrected chi connectivity index (χ2v) is 7.07. The standard InChI is InChI=1S/C16H16ClNO4S/c1-11(12-6-4-3-5-7-12)22-16(19)13-8-9-14(17)15(10-13)23(20,21)18-2/h3-11,18H,1-2H3/t11-/m0/s1. The van der Waals surface area contributed by atoms with Gasteiger partial charge in [0.2, 0.25) is 10.0 Å². The summed E-state index contributed by atoms with van der Waals surface area (Å²) in [5.74, 6) is -0.620. The van der Waals surface area contributed by atoms with Crippen LogP contribution in [-0.4, -0.2) is 21.4 Å². The van der Waals surface area contributed by atoms with Gasteiger partial charge < -0.3 is 4.74 Å². The van der Waals surface area contributed by atoms with Crippen LogP contribution in [0.3, 0.4) is 0 Å². The van der Waals surface area contributed by atoms with Gasteiger partial charge >= 0.3 is 5.97 Å². The van der Waals surface area contributed by atoms with Crippen LogP contribution in [0.15, 0.2) is 53.4 Å². The Labute approximate surface area is 140 Å². The first-order valence-corrected chi connectivity index (χ1v) is 8.70. The van der Waals surface area contributed by atoms with E-state index in [1.54, 1.807) is 6.92 Å². The second kappa shape index (κ2) is 7.12. The van der Waals surface area contributed by atoms with Crippen molar-refractivity contribution >= 4 is 27.6 Å². The summed E-state index contributed by atoms with van der Waals surface area (Å²) in [6.07, 6.45) is -0.455. The molecule has 122 valence electrons. The van der Waals surface area contributed by atoms with E-state index in [0.717, 1.165) is 5.56 Å². The third kappa shape index (κ3) is 4.10. The fourth-order valence-corrected chi connectivity index (χ4v) is 3.22. The fraction of sp³-hybridized carbons (Fsp3) is 0.188. The van der Waals surface area contributed by atoms with Gasteiger partial charge in [-0.2, -0.15) is 0 Å². The van der Waals surface area contributed by atoms with E-state index in [2.05, 4.69) is 4.72 Å². The third-order valence-electron chi connectivity index (χ3n) is 3.28. The number of carbonyl (C=O) groups is 1. The van der Waals surface area contributed by atoms with Crippen LogP contribution in [0, 0.1) is 0 Å². The molecule has 0 saturated heterocycles. The molecule has 2 aromatic carbocycles. The number of nitrogens with one attached hydrogen (secondary N) is 1. The van der Waals surface area contributed by atoms with Gasteiger partial charge in [0, 0.05) is 0 Å². The van der Waals surface area contributed by atoms with E-state index in [0.29, 0.717) is 0 Å². The average Bonchev–Trinajstić information content (AvgIpc) is 2.55. The van der Waals surface area contributed by atoms with Crippen molar-refractivity contribution in [3.8, 4) is 0 Å². The zero-order valence-electron chi connectivity index (χ0n) is 12.6. The average molecular weight is 354 g/mol. The third-order valence-corrected chi connectivity index (χ3v) is 5.17. The van der Waals surface area contributed by atoms with Crippen molar-refractivity contribution in [3.05, 3.63) is 64.7 Å². The maximum atomic E-state index is 12.2. The lowest BCUT2D eigenvalue weighted by atomic mass is 10.1. The molecule has 0 unspecified atom stereocenters. The zero-order chi connectivity index (χ0) is 17.0. The van der Waals surface area contributed by atoms with E-state index < -0.39 is 22.1 Å². The number of hydrogen-bond donors (Lipinski definition) is 1. The van der Waals surface area contributed by atoms with Crippen LogP contribution in [0.1, 0.15) is 28.9 Å². The maximum Gasteiger partial charge on any atom is 0.338 e. The number of halogens is 1. The summed E-state index contributed by atoms with van der Waals surface area (Å²) >= 11 is 5.89. The van der Waals surface area contributed by atoms with Gasteiger partial charge in [-0.15, -0.1) is 0 Å². The first kappa shape index (κ1) is 17.5. The Bertz CT molecular complexity index is 806. The van der Waals surface area contributed by atoms with Crippen molar-refractivity contribution < 1.29 is 17.9 Å². The molecule has 1 atom stereocenters. The number of benzene rings is 2. The number of sulfonamides is 1. The van der Waals surface area contributed by atoms with Gasteiger partial charge in [-0.1, -0.05) is 41.9 Å². The normalized spacial score (nSPS) is 12.7. The van der Waals surface area contributed by atoms with E-state index in [-0.39, 0.29) is 15.5 Å². The molecule has 0 heterocycles. The van der Waals surface area contributed by atoms with Gasteiger partial charge in [-0.25, -0.2) is 17.9 Å². The fourth-order valence-electron chi connectivity index (χ4n) is 1.97. The van der Waals surface area contributed by atoms with Crippen LogP contribution < -0.4 is 4.72 Å². The van der Waals surface area contributed by atoms with Crippen molar-refractivity contribution in [1.29, 1.82) is 0 Å². The molecule has 5 nitrogen and oxygen atoms in total. The van der Waals surface area contributed by atoms with Gasteiger partial charge in [0.15, 0.2) is 0 Å². The van der Waals surface area contributed by atoms with E-state index in [9.17, 15) is 13.2 Å². The van der Waals surface area contributed by atoms with Crippen LogP contribution in [0.2, 0.25) is 5.02 Å². The molecule has 23 heavy (non-hydrogen) atoms. The Balaban J connectivity index is 2.25. The molecule has 0 spiro atoms. The van der Waals surface area contributed by atoms with Crippen LogP contribution in [0.25, 0.3) is 0 Å². The molecule has 2 rings (SSSR count).